The molecule has 0 aromatic heterocycles. The molecule has 0 amide bonds. The van der Waals surface area contributed by atoms with Gasteiger partial charge in [0.25, 0.3) is 0 Å². The van der Waals surface area contributed by atoms with E-state index in [1.54, 1.807) is 0 Å². The van der Waals surface area contributed by atoms with Crippen molar-refractivity contribution in [1.29, 1.82) is 0 Å². The molecule has 0 aliphatic rings. The minimum Gasteiger partial charge on any atom is -0.510 e. The fourth-order valence-corrected chi connectivity index (χ4v) is 0.737. The van der Waals surface area contributed by atoms with Gasteiger partial charge in [0.2, 0.25) is 0 Å². The highest BCUT2D eigenvalue weighted by Gasteiger charge is 2.19. The molecule has 0 saturated heterocycles. The molecule has 0 rings (SSSR count). The summed E-state index contributed by atoms with van der Waals surface area (Å²) in [6.45, 7) is 3.08. The van der Waals surface area contributed by atoms with E-state index >= 15 is 0 Å². The van der Waals surface area contributed by atoms with Crippen LogP contribution in [-0.2, 0) is 0 Å². The van der Waals surface area contributed by atoms with Crippen LogP contribution in [0.2, 0.25) is 0 Å². The molecule has 0 aliphatic carbocycles. The van der Waals surface area contributed by atoms with Crippen molar-refractivity contribution in [1.82, 2.24) is 0 Å². The van der Waals surface area contributed by atoms with Gasteiger partial charge in [0.05, 0.1) is 6.61 Å². The first-order valence-electron chi connectivity index (χ1n) is 3.86. The average molecular weight is 176 g/mol. The summed E-state index contributed by atoms with van der Waals surface area (Å²) in [5.41, 5.74) is 0. The van der Waals surface area contributed by atoms with Crippen LogP contribution in [0.3, 0.4) is 0 Å². The predicted octanol–water partition coefficient (Wildman–Crippen LogP) is -0.202. The maximum Gasteiger partial charge on any atom is 0.138 e. The van der Waals surface area contributed by atoms with E-state index in [2.05, 4.69) is 0 Å². The van der Waals surface area contributed by atoms with E-state index in [-0.39, 0.29) is 11.7 Å². The number of aliphatic hydroxyl groups excluding tert-OH is 4. The summed E-state index contributed by atoms with van der Waals surface area (Å²) in [5.74, 6) is -0.211. The van der Waals surface area contributed by atoms with Crippen molar-refractivity contribution < 1.29 is 20.4 Å². The van der Waals surface area contributed by atoms with E-state index in [9.17, 15) is 0 Å². The maximum atomic E-state index is 9.13. The van der Waals surface area contributed by atoms with Crippen molar-refractivity contribution in [2.45, 2.75) is 26.1 Å². The lowest BCUT2D eigenvalue weighted by atomic mass is 10.1. The van der Waals surface area contributed by atoms with E-state index < -0.39 is 18.8 Å². The molecule has 0 fully saturated rings. The second-order valence-corrected chi connectivity index (χ2v) is 3.03. The largest absolute Gasteiger partial charge is 0.510 e. The minimum atomic E-state index is -1.39. The second-order valence-electron chi connectivity index (χ2n) is 3.03. The minimum absolute atomic E-state index is 0.0885. The topological polar surface area (TPSA) is 80.9 Å². The summed E-state index contributed by atoms with van der Waals surface area (Å²) in [6, 6.07) is 0. The third kappa shape index (κ3) is 3.71. The molecule has 0 aromatic carbocycles. The number of aliphatic hydroxyl groups is 4. The predicted molar refractivity (Wildman–Crippen MR) is 44.6 cm³/mol. The van der Waals surface area contributed by atoms with Gasteiger partial charge in [0, 0.05) is 0 Å². The van der Waals surface area contributed by atoms with Gasteiger partial charge >= 0.3 is 0 Å². The standard InChI is InChI=1S/C8H16O4/c1-5(2)3-6(10)8(12)7(11)4-9/h3,5,7-12H,4H2,1-2H3/t7-,8-/m1/s1. The Kier molecular flexibility index (Phi) is 4.89. The molecule has 0 heterocycles. The summed E-state index contributed by atoms with van der Waals surface area (Å²) in [6.07, 6.45) is -1.29. The van der Waals surface area contributed by atoms with Gasteiger partial charge in [0.15, 0.2) is 0 Å². The van der Waals surface area contributed by atoms with Crippen LogP contribution in [0.25, 0.3) is 0 Å². The Balaban J connectivity index is 4.17. The molecule has 0 aliphatic heterocycles. The zero-order valence-corrected chi connectivity index (χ0v) is 7.31. The van der Waals surface area contributed by atoms with Gasteiger partial charge in [-0.3, -0.25) is 0 Å². The Morgan fingerprint density at radius 2 is 1.83 bits per heavy atom. The van der Waals surface area contributed by atoms with E-state index in [4.69, 9.17) is 20.4 Å². The number of allylic oxidation sites excluding steroid dienone is 1. The summed E-state index contributed by atoms with van der Waals surface area (Å²) in [4.78, 5) is 0. The monoisotopic (exact) mass is 176 g/mol. The number of rotatable bonds is 4. The first-order valence-corrected chi connectivity index (χ1v) is 3.86. The van der Waals surface area contributed by atoms with Crippen LogP contribution in [0.5, 0.6) is 0 Å². The molecule has 0 unspecified atom stereocenters. The fourth-order valence-electron chi connectivity index (χ4n) is 0.737. The lowest BCUT2D eigenvalue weighted by Crippen LogP contribution is -2.31. The van der Waals surface area contributed by atoms with E-state index in [0.717, 1.165) is 0 Å². The molecule has 0 spiro atoms. The molecule has 72 valence electrons. The first kappa shape index (κ1) is 11.4. The van der Waals surface area contributed by atoms with E-state index in [1.807, 2.05) is 13.8 Å². The molecule has 0 aromatic rings. The third-order valence-electron chi connectivity index (χ3n) is 1.36. The highest BCUT2D eigenvalue weighted by molar-refractivity contribution is 5.01. The third-order valence-corrected chi connectivity index (χ3v) is 1.36. The highest BCUT2D eigenvalue weighted by Crippen LogP contribution is 2.07. The Bertz CT molecular complexity index is 153. The molecule has 0 radical (unpaired) electrons. The van der Waals surface area contributed by atoms with Crippen LogP contribution in [0.1, 0.15) is 13.8 Å². The zero-order chi connectivity index (χ0) is 9.72. The van der Waals surface area contributed by atoms with Gasteiger partial charge in [-0.25, -0.2) is 0 Å². The van der Waals surface area contributed by atoms with Crippen LogP contribution in [0.15, 0.2) is 11.8 Å². The van der Waals surface area contributed by atoms with Gasteiger partial charge in [-0.05, 0) is 12.0 Å². The van der Waals surface area contributed by atoms with Gasteiger partial charge in [-0.15, -0.1) is 0 Å². The SMILES string of the molecule is CC(C)C=C(O)[C@@H](O)[C@H](O)CO. The summed E-state index contributed by atoms with van der Waals surface area (Å²) in [7, 11) is 0. The van der Waals surface area contributed by atoms with E-state index in [1.165, 1.54) is 6.08 Å². The number of hydrogen-bond acceptors (Lipinski definition) is 4. The average Bonchev–Trinajstić information content (AvgIpc) is 2.00. The molecule has 0 saturated carbocycles. The fraction of sp³-hybridized carbons (Fsp3) is 0.750. The molecule has 4 N–H and O–H groups in total. The molecule has 2 atom stereocenters. The number of hydrogen-bond donors (Lipinski definition) is 4. The highest BCUT2D eigenvalue weighted by atomic mass is 16.4. The molecular formula is C8H16O4. The van der Waals surface area contributed by atoms with Crippen LogP contribution in [-0.4, -0.2) is 39.2 Å². The van der Waals surface area contributed by atoms with Crippen molar-refractivity contribution in [2.75, 3.05) is 6.61 Å². The maximum absolute atomic E-state index is 9.13. The Morgan fingerprint density at radius 3 is 2.17 bits per heavy atom. The van der Waals surface area contributed by atoms with Crippen LogP contribution >= 0.6 is 0 Å². The van der Waals surface area contributed by atoms with Crippen molar-refractivity contribution in [3.63, 3.8) is 0 Å². The van der Waals surface area contributed by atoms with Gasteiger partial charge in [0.1, 0.15) is 18.0 Å². The molecule has 0 bridgehead atoms. The van der Waals surface area contributed by atoms with Crippen LogP contribution in [0, 0.1) is 5.92 Å². The van der Waals surface area contributed by atoms with Crippen LogP contribution in [0.4, 0.5) is 0 Å². The smallest absolute Gasteiger partial charge is 0.138 e. The summed E-state index contributed by atoms with van der Waals surface area (Å²) < 4.78 is 0. The Labute approximate surface area is 71.8 Å². The quantitative estimate of drug-likeness (QED) is 0.447. The Hall–Kier alpha value is -0.580. The lowest BCUT2D eigenvalue weighted by Gasteiger charge is -2.15. The zero-order valence-electron chi connectivity index (χ0n) is 7.31. The van der Waals surface area contributed by atoms with Gasteiger partial charge in [-0.2, -0.15) is 0 Å². The molecular weight excluding hydrogens is 160 g/mol. The van der Waals surface area contributed by atoms with Gasteiger partial charge in [-0.1, -0.05) is 13.8 Å². The normalized spacial score (nSPS) is 18.0. The van der Waals surface area contributed by atoms with Crippen molar-refractivity contribution in [3.05, 3.63) is 11.8 Å². The lowest BCUT2D eigenvalue weighted by molar-refractivity contribution is -0.0138. The molecule has 4 heteroatoms. The van der Waals surface area contributed by atoms with Crippen molar-refractivity contribution >= 4 is 0 Å². The van der Waals surface area contributed by atoms with E-state index in [0.29, 0.717) is 0 Å². The van der Waals surface area contributed by atoms with Crippen molar-refractivity contribution in [3.8, 4) is 0 Å². The van der Waals surface area contributed by atoms with Crippen molar-refractivity contribution in [2.24, 2.45) is 5.92 Å². The van der Waals surface area contributed by atoms with Gasteiger partial charge < -0.3 is 20.4 Å². The van der Waals surface area contributed by atoms with Crippen LogP contribution < -0.4 is 0 Å². The first-order chi connectivity index (χ1) is 5.49. The molecule has 4 nitrogen and oxygen atoms in total. The summed E-state index contributed by atoms with van der Waals surface area (Å²) in [5, 5.41) is 35.6. The molecule has 12 heavy (non-hydrogen) atoms. The Morgan fingerprint density at radius 1 is 1.33 bits per heavy atom. The summed E-state index contributed by atoms with van der Waals surface area (Å²) >= 11 is 0. The second kappa shape index (κ2) is 5.13.